The molecule has 1 amide bonds. The number of nitrogens with zero attached hydrogens (tertiary/aromatic N) is 2. The molecule has 1 fully saturated rings. The molecule has 2 heterocycles. The van der Waals surface area contributed by atoms with Crippen LogP contribution in [0, 0.1) is 0 Å². The second-order valence-corrected chi connectivity index (χ2v) is 7.70. The third-order valence-corrected chi connectivity index (χ3v) is 5.55. The number of fused-ring (bicyclic) bond motifs is 1. The minimum absolute atomic E-state index is 0.0504. The molecule has 1 aliphatic heterocycles. The van der Waals surface area contributed by atoms with Crippen LogP contribution in [0.3, 0.4) is 0 Å². The number of ether oxygens (including phenoxy) is 2. The fourth-order valence-electron chi connectivity index (χ4n) is 3.71. The van der Waals surface area contributed by atoms with Gasteiger partial charge in [0, 0.05) is 35.3 Å². The number of methoxy groups -OCH3 is 2. The number of benzene rings is 2. The normalized spacial score (nSPS) is 13.9. The van der Waals surface area contributed by atoms with E-state index in [-0.39, 0.29) is 5.91 Å². The lowest BCUT2D eigenvalue weighted by Gasteiger charge is -2.26. The van der Waals surface area contributed by atoms with E-state index >= 15 is 0 Å². The summed E-state index contributed by atoms with van der Waals surface area (Å²) in [5.74, 6) is 1.11. The van der Waals surface area contributed by atoms with Gasteiger partial charge in [0.15, 0.2) is 11.5 Å². The second-order valence-electron chi connectivity index (χ2n) is 7.26. The fourth-order valence-corrected chi connectivity index (χ4v) is 3.84. The number of nitrogens with one attached hydrogen (secondary N) is 1. The summed E-state index contributed by atoms with van der Waals surface area (Å²) in [6.07, 6.45) is 3.22. The zero-order chi connectivity index (χ0) is 21.1. The van der Waals surface area contributed by atoms with E-state index in [1.165, 1.54) is 0 Å². The summed E-state index contributed by atoms with van der Waals surface area (Å²) in [5.41, 5.74) is 2.70. The van der Waals surface area contributed by atoms with E-state index in [2.05, 4.69) is 10.3 Å². The molecule has 1 aromatic heterocycles. The van der Waals surface area contributed by atoms with E-state index in [1.54, 1.807) is 26.4 Å². The number of hydrogen-bond donors (Lipinski definition) is 1. The highest BCUT2D eigenvalue weighted by Crippen LogP contribution is 2.36. The molecule has 30 heavy (non-hydrogen) atoms. The number of halogens is 1. The van der Waals surface area contributed by atoms with Crippen molar-refractivity contribution in [2.45, 2.75) is 19.3 Å². The molecule has 1 N–H and O–H groups in total. The Kier molecular flexibility index (Phi) is 5.95. The quantitative estimate of drug-likeness (QED) is 0.602. The Bertz CT molecular complexity index is 1060. The molecule has 0 bridgehead atoms. The first-order valence-corrected chi connectivity index (χ1v) is 10.4. The molecule has 1 aliphatic rings. The first-order valence-electron chi connectivity index (χ1n) is 9.97. The molecule has 4 rings (SSSR count). The van der Waals surface area contributed by atoms with Crippen LogP contribution < -0.4 is 14.8 Å². The van der Waals surface area contributed by atoms with Crippen LogP contribution >= 0.6 is 11.6 Å². The minimum Gasteiger partial charge on any atom is -0.493 e. The van der Waals surface area contributed by atoms with Crippen molar-refractivity contribution in [2.75, 3.05) is 32.6 Å². The maximum Gasteiger partial charge on any atom is 0.272 e. The molecule has 0 spiro atoms. The average Bonchev–Trinajstić information content (AvgIpc) is 2.79. The van der Waals surface area contributed by atoms with E-state index in [0.717, 1.165) is 49.1 Å². The zero-order valence-corrected chi connectivity index (χ0v) is 17.8. The molecule has 1 saturated heterocycles. The van der Waals surface area contributed by atoms with Gasteiger partial charge >= 0.3 is 0 Å². The summed E-state index contributed by atoms with van der Waals surface area (Å²) in [7, 11) is 3.18. The number of likely N-dealkylation sites (tertiary alicyclic amines) is 1. The zero-order valence-electron chi connectivity index (χ0n) is 17.1. The summed E-state index contributed by atoms with van der Waals surface area (Å²) in [5, 5.41) is 4.89. The molecule has 6 nitrogen and oxygen atoms in total. The van der Waals surface area contributed by atoms with E-state index in [1.807, 2.05) is 35.2 Å². The van der Waals surface area contributed by atoms with Gasteiger partial charge in [-0.05, 0) is 55.7 Å². The Morgan fingerprint density at radius 3 is 2.33 bits per heavy atom. The van der Waals surface area contributed by atoms with Crippen LogP contribution in [-0.4, -0.2) is 43.1 Å². The largest absolute Gasteiger partial charge is 0.493 e. The Labute approximate surface area is 180 Å². The van der Waals surface area contributed by atoms with Crippen molar-refractivity contribution in [1.29, 1.82) is 0 Å². The SMILES string of the molecule is COc1cc2nc(C(=O)N3CCCCC3)cc(Nc3ccc(Cl)cc3)c2cc1OC. The van der Waals surface area contributed by atoms with Crippen molar-refractivity contribution in [3.05, 3.63) is 53.2 Å². The molecule has 7 heteroatoms. The van der Waals surface area contributed by atoms with Gasteiger partial charge in [-0.1, -0.05) is 11.6 Å². The van der Waals surface area contributed by atoms with Crippen molar-refractivity contribution >= 4 is 39.8 Å². The summed E-state index contributed by atoms with van der Waals surface area (Å²) in [6.45, 7) is 1.54. The molecule has 0 aliphatic carbocycles. The average molecular weight is 426 g/mol. The van der Waals surface area contributed by atoms with Gasteiger partial charge in [-0.25, -0.2) is 4.98 Å². The third-order valence-electron chi connectivity index (χ3n) is 5.30. The monoisotopic (exact) mass is 425 g/mol. The number of carbonyl (C=O) groups excluding carboxylic acids is 1. The summed E-state index contributed by atoms with van der Waals surface area (Å²) in [4.78, 5) is 19.7. The van der Waals surface area contributed by atoms with Gasteiger partial charge < -0.3 is 19.7 Å². The molecule has 0 saturated carbocycles. The van der Waals surface area contributed by atoms with E-state index in [4.69, 9.17) is 21.1 Å². The summed E-state index contributed by atoms with van der Waals surface area (Å²) < 4.78 is 10.9. The predicted molar refractivity (Wildman–Crippen MR) is 119 cm³/mol. The van der Waals surface area contributed by atoms with E-state index < -0.39 is 0 Å². The molecule has 2 aromatic carbocycles. The molecular weight excluding hydrogens is 402 g/mol. The van der Waals surface area contributed by atoms with Gasteiger partial charge in [-0.2, -0.15) is 0 Å². The first kappa shape index (κ1) is 20.3. The highest BCUT2D eigenvalue weighted by Gasteiger charge is 2.22. The van der Waals surface area contributed by atoms with Crippen LogP contribution in [0.1, 0.15) is 29.8 Å². The summed E-state index contributed by atoms with van der Waals surface area (Å²) in [6, 6.07) is 12.9. The van der Waals surface area contributed by atoms with Crippen molar-refractivity contribution in [2.24, 2.45) is 0 Å². The molecule has 0 atom stereocenters. The van der Waals surface area contributed by atoms with Crippen LogP contribution in [0.25, 0.3) is 10.9 Å². The van der Waals surface area contributed by atoms with Crippen LogP contribution in [0.5, 0.6) is 11.5 Å². The maximum atomic E-state index is 13.1. The van der Waals surface area contributed by atoms with E-state index in [9.17, 15) is 4.79 Å². The lowest BCUT2D eigenvalue weighted by molar-refractivity contribution is 0.0719. The van der Waals surface area contributed by atoms with Crippen LogP contribution in [0.2, 0.25) is 5.02 Å². The third kappa shape index (κ3) is 4.14. The molecule has 0 radical (unpaired) electrons. The van der Waals surface area contributed by atoms with Crippen molar-refractivity contribution in [1.82, 2.24) is 9.88 Å². The highest BCUT2D eigenvalue weighted by atomic mass is 35.5. The fraction of sp³-hybridized carbons (Fsp3) is 0.304. The molecule has 3 aromatic rings. The number of anilines is 2. The molecule has 0 unspecified atom stereocenters. The smallest absolute Gasteiger partial charge is 0.272 e. The second kappa shape index (κ2) is 8.79. The highest BCUT2D eigenvalue weighted by molar-refractivity contribution is 6.30. The van der Waals surface area contributed by atoms with Gasteiger partial charge in [-0.15, -0.1) is 0 Å². The number of carbonyl (C=O) groups is 1. The Morgan fingerprint density at radius 1 is 1.00 bits per heavy atom. The lowest BCUT2D eigenvalue weighted by atomic mass is 10.1. The van der Waals surface area contributed by atoms with Crippen molar-refractivity contribution < 1.29 is 14.3 Å². The van der Waals surface area contributed by atoms with Gasteiger partial charge in [0.1, 0.15) is 5.69 Å². The standard InChI is InChI=1S/C23H24ClN3O3/c1-29-21-12-17-18(25-16-8-6-15(24)7-9-16)13-20(26-19(17)14-22(21)30-2)23(28)27-10-4-3-5-11-27/h6-9,12-14H,3-5,10-11H2,1-2H3,(H,25,26). The Hall–Kier alpha value is -2.99. The van der Waals surface area contributed by atoms with Gasteiger partial charge in [0.2, 0.25) is 0 Å². The summed E-state index contributed by atoms with van der Waals surface area (Å²) >= 11 is 6.02. The topological polar surface area (TPSA) is 63.7 Å². The van der Waals surface area contributed by atoms with E-state index in [0.29, 0.717) is 27.7 Å². The van der Waals surface area contributed by atoms with Gasteiger partial charge in [0.25, 0.3) is 5.91 Å². The first-order chi connectivity index (χ1) is 14.6. The number of rotatable bonds is 5. The molecular formula is C23H24ClN3O3. The Balaban J connectivity index is 1.82. The molecule has 156 valence electrons. The number of amides is 1. The number of pyridine rings is 1. The van der Waals surface area contributed by atoms with Crippen LogP contribution in [0.4, 0.5) is 11.4 Å². The van der Waals surface area contributed by atoms with Gasteiger partial charge in [0.05, 0.1) is 25.4 Å². The van der Waals surface area contributed by atoms with Crippen molar-refractivity contribution in [3.8, 4) is 11.5 Å². The van der Waals surface area contributed by atoms with Crippen molar-refractivity contribution in [3.63, 3.8) is 0 Å². The number of aromatic nitrogens is 1. The predicted octanol–water partition coefficient (Wildman–Crippen LogP) is 5.28. The Morgan fingerprint density at radius 2 is 1.67 bits per heavy atom. The minimum atomic E-state index is -0.0504. The number of hydrogen-bond acceptors (Lipinski definition) is 5. The maximum absolute atomic E-state index is 13.1. The van der Waals surface area contributed by atoms with Crippen LogP contribution in [-0.2, 0) is 0 Å². The van der Waals surface area contributed by atoms with Crippen LogP contribution in [0.15, 0.2) is 42.5 Å². The number of piperidine rings is 1. The lowest BCUT2D eigenvalue weighted by Crippen LogP contribution is -2.36. The van der Waals surface area contributed by atoms with Gasteiger partial charge in [-0.3, -0.25) is 4.79 Å².